The summed E-state index contributed by atoms with van der Waals surface area (Å²) < 4.78 is 0. The summed E-state index contributed by atoms with van der Waals surface area (Å²) in [6.45, 7) is 6.09. The van der Waals surface area contributed by atoms with Gasteiger partial charge in [-0.2, -0.15) is 0 Å². The van der Waals surface area contributed by atoms with Crippen LogP contribution < -0.4 is 5.32 Å². The highest BCUT2D eigenvalue weighted by Gasteiger charge is 2.13. The number of aromatic nitrogens is 1. The second-order valence-corrected chi connectivity index (χ2v) is 7.00. The lowest BCUT2D eigenvalue weighted by Gasteiger charge is -2.13. The second-order valence-electron chi connectivity index (χ2n) is 4.93. The Morgan fingerprint density at radius 1 is 1.43 bits per heavy atom. The van der Waals surface area contributed by atoms with Crippen LogP contribution in [0.3, 0.4) is 0 Å². The summed E-state index contributed by atoms with van der Waals surface area (Å²) in [7, 11) is 0. The number of carbonyl (C=O) groups is 1. The number of carbonyl (C=O) groups excluding carboxylic acids is 1. The highest BCUT2D eigenvalue weighted by atomic mass is 32.2. The van der Waals surface area contributed by atoms with Crippen LogP contribution in [0.5, 0.6) is 0 Å². The molecule has 1 atom stereocenters. The first kappa shape index (κ1) is 16.0. The molecule has 0 radical (unpaired) electrons. The van der Waals surface area contributed by atoms with E-state index in [9.17, 15) is 4.79 Å². The number of hydrogen-bond acceptors (Lipinski definition) is 4. The standard InChI is InChI=1S/C16H20N2OS2/c1-4-11(2)17-16(19)14-7-5-6-8-15(14)21-10-13-9-20-12(3)18-13/h5-9,11H,4,10H2,1-3H3,(H,17,19). The van der Waals surface area contributed by atoms with Gasteiger partial charge in [-0.1, -0.05) is 19.1 Å². The van der Waals surface area contributed by atoms with Gasteiger partial charge in [-0.15, -0.1) is 23.1 Å². The van der Waals surface area contributed by atoms with Crippen LogP contribution >= 0.6 is 23.1 Å². The number of nitrogens with one attached hydrogen (secondary N) is 1. The molecule has 1 N–H and O–H groups in total. The van der Waals surface area contributed by atoms with E-state index in [1.54, 1.807) is 23.1 Å². The number of hydrogen-bond donors (Lipinski definition) is 1. The van der Waals surface area contributed by atoms with Gasteiger partial charge in [-0.05, 0) is 32.4 Å². The third kappa shape index (κ3) is 4.58. The molecule has 0 spiro atoms. The van der Waals surface area contributed by atoms with Gasteiger partial charge in [-0.3, -0.25) is 4.79 Å². The number of nitrogens with zero attached hydrogens (tertiary/aromatic N) is 1. The Kier molecular flexibility index (Phi) is 5.82. The van der Waals surface area contributed by atoms with Crippen molar-refractivity contribution in [3.05, 3.63) is 45.9 Å². The zero-order valence-electron chi connectivity index (χ0n) is 12.6. The summed E-state index contributed by atoms with van der Waals surface area (Å²) in [5, 5.41) is 6.17. The van der Waals surface area contributed by atoms with Crippen LogP contribution in [0.25, 0.3) is 0 Å². The van der Waals surface area contributed by atoms with Gasteiger partial charge in [0.25, 0.3) is 5.91 Å². The minimum atomic E-state index is 0.00177. The summed E-state index contributed by atoms with van der Waals surface area (Å²) in [4.78, 5) is 17.8. The van der Waals surface area contributed by atoms with Gasteiger partial charge < -0.3 is 5.32 Å². The van der Waals surface area contributed by atoms with E-state index in [1.807, 2.05) is 38.1 Å². The fourth-order valence-electron chi connectivity index (χ4n) is 1.81. The number of rotatable bonds is 6. The molecule has 1 heterocycles. The van der Waals surface area contributed by atoms with Gasteiger partial charge in [0.15, 0.2) is 0 Å². The predicted molar refractivity (Wildman–Crippen MR) is 90.1 cm³/mol. The molecule has 0 saturated heterocycles. The monoisotopic (exact) mass is 320 g/mol. The van der Waals surface area contributed by atoms with Crippen LogP contribution in [0.1, 0.15) is 41.3 Å². The molecular weight excluding hydrogens is 300 g/mol. The van der Waals surface area contributed by atoms with E-state index in [0.717, 1.165) is 33.3 Å². The highest BCUT2D eigenvalue weighted by Crippen LogP contribution is 2.26. The largest absolute Gasteiger partial charge is 0.350 e. The average molecular weight is 320 g/mol. The van der Waals surface area contributed by atoms with E-state index >= 15 is 0 Å². The van der Waals surface area contributed by atoms with Crippen molar-refractivity contribution in [3.63, 3.8) is 0 Å². The first-order chi connectivity index (χ1) is 10.1. The maximum atomic E-state index is 12.3. The summed E-state index contributed by atoms with van der Waals surface area (Å²) in [6, 6.07) is 7.94. The number of thioether (sulfide) groups is 1. The van der Waals surface area contributed by atoms with Gasteiger partial charge >= 0.3 is 0 Å². The Morgan fingerprint density at radius 3 is 2.86 bits per heavy atom. The number of amides is 1. The van der Waals surface area contributed by atoms with Crippen molar-refractivity contribution in [2.45, 2.75) is 43.9 Å². The van der Waals surface area contributed by atoms with Crippen molar-refractivity contribution in [3.8, 4) is 0 Å². The third-order valence-corrected chi connectivity index (χ3v) is 5.09. The van der Waals surface area contributed by atoms with E-state index < -0.39 is 0 Å². The average Bonchev–Trinajstić information content (AvgIpc) is 2.90. The highest BCUT2D eigenvalue weighted by molar-refractivity contribution is 7.98. The Labute approximate surface area is 134 Å². The molecule has 0 fully saturated rings. The SMILES string of the molecule is CCC(C)NC(=O)c1ccccc1SCc1csc(C)n1. The fraction of sp³-hybridized carbons (Fsp3) is 0.375. The number of benzene rings is 1. The summed E-state index contributed by atoms with van der Waals surface area (Å²) in [5.41, 5.74) is 1.81. The Morgan fingerprint density at radius 2 is 2.19 bits per heavy atom. The molecule has 0 bridgehead atoms. The fourth-order valence-corrected chi connectivity index (χ4v) is 3.47. The van der Waals surface area contributed by atoms with Crippen LogP contribution in [0, 0.1) is 6.92 Å². The van der Waals surface area contributed by atoms with Gasteiger partial charge in [0.05, 0.1) is 16.3 Å². The first-order valence-corrected chi connectivity index (χ1v) is 8.90. The molecular formula is C16H20N2OS2. The zero-order valence-corrected chi connectivity index (χ0v) is 14.2. The van der Waals surface area contributed by atoms with E-state index in [4.69, 9.17) is 0 Å². The topological polar surface area (TPSA) is 42.0 Å². The molecule has 0 aliphatic heterocycles. The molecule has 1 amide bonds. The first-order valence-electron chi connectivity index (χ1n) is 7.03. The van der Waals surface area contributed by atoms with Gasteiger partial charge in [0, 0.05) is 22.1 Å². The minimum Gasteiger partial charge on any atom is -0.350 e. The molecule has 0 saturated carbocycles. The van der Waals surface area contributed by atoms with Crippen molar-refractivity contribution in [2.75, 3.05) is 0 Å². The normalized spacial score (nSPS) is 12.1. The molecule has 0 aliphatic rings. The summed E-state index contributed by atoms with van der Waals surface area (Å²) in [6.07, 6.45) is 0.930. The van der Waals surface area contributed by atoms with Crippen molar-refractivity contribution in [1.82, 2.24) is 10.3 Å². The van der Waals surface area contributed by atoms with Crippen LogP contribution in [-0.4, -0.2) is 16.9 Å². The van der Waals surface area contributed by atoms with Gasteiger partial charge in [0.1, 0.15) is 0 Å². The van der Waals surface area contributed by atoms with E-state index in [2.05, 4.69) is 22.6 Å². The lowest BCUT2D eigenvalue weighted by Crippen LogP contribution is -2.32. The lowest BCUT2D eigenvalue weighted by atomic mass is 10.2. The van der Waals surface area contributed by atoms with Crippen molar-refractivity contribution < 1.29 is 4.79 Å². The molecule has 1 unspecified atom stereocenters. The third-order valence-electron chi connectivity index (χ3n) is 3.16. The van der Waals surface area contributed by atoms with Crippen molar-refractivity contribution in [2.24, 2.45) is 0 Å². The smallest absolute Gasteiger partial charge is 0.252 e. The molecule has 1 aromatic carbocycles. The molecule has 2 rings (SSSR count). The van der Waals surface area contributed by atoms with Gasteiger partial charge in [-0.25, -0.2) is 4.98 Å². The summed E-state index contributed by atoms with van der Waals surface area (Å²) >= 11 is 3.32. The van der Waals surface area contributed by atoms with Crippen LogP contribution in [0.4, 0.5) is 0 Å². The van der Waals surface area contributed by atoms with Gasteiger partial charge in [0.2, 0.25) is 0 Å². The van der Waals surface area contributed by atoms with Crippen LogP contribution in [0.2, 0.25) is 0 Å². The molecule has 2 aromatic rings. The molecule has 21 heavy (non-hydrogen) atoms. The molecule has 1 aromatic heterocycles. The maximum absolute atomic E-state index is 12.3. The van der Waals surface area contributed by atoms with E-state index in [-0.39, 0.29) is 11.9 Å². The van der Waals surface area contributed by atoms with Crippen molar-refractivity contribution in [1.29, 1.82) is 0 Å². The Bertz CT molecular complexity index is 610. The lowest BCUT2D eigenvalue weighted by molar-refractivity contribution is 0.0936. The van der Waals surface area contributed by atoms with Crippen LogP contribution in [-0.2, 0) is 5.75 Å². The second kappa shape index (κ2) is 7.61. The minimum absolute atomic E-state index is 0.00177. The Balaban J connectivity index is 2.07. The predicted octanol–water partition coefficient (Wildman–Crippen LogP) is 4.27. The molecule has 0 aliphatic carbocycles. The van der Waals surface area contributed by atoms with Crippen molar-refractivity contribution >= 4 is 29.0 Å². The Hall–Kier alpha value is -1.33. The van der Waals surface area contributed by atoms with E-state index in [1.165, 1.54) is 0 Å². The quantitative estimate of drug-likeness (QED) is 0.808. The maximum Gasteiger partial charge on any atom is 0.252 e. The van der Waals surface area contributed by atoms with E-state index in [0.29, 0.717) is 0 Å². The molecule has 112 valence electrons. The number of thiazole rings is 1. The zero-order chi connectivity index (χ0) is 15.2. The van der Waals surface area contributed by atoms with Crippen LogP contribution in [0.15, 0.2) is 34.5 Å². The molecule has 3 nitrogen and oxygen atoms in total. The summed E-state index contributed by atoms with van der Waals surface area (Å²) in [5.74, 6) is 0.791. The number of aryl methyl sites for hydroxylation is 1. The molecule has 5 heteroatoms.